The highest BCUT2D eigenvalue weighted by atomic mass is 32.2. The lowest BCUT2D eigenvalue weighted by Gasteiger charge is -2.10. The predicted molar refractivity (Wildman–Crippen MR) is 114 cm³/mol. The van der Waals surface area contributed by atoms with Crippen LogP contribution in [0.25, 0.3) is 16.7 Å². The summed E-state index contributed by atoms with van der Waals surface area (Å²) < 4.78 is 45.2. The van der Waals surface area contributed by atoms with Gasteiger partial charge in [-0.3, -0.25) is 14.7 Å². The first-order valence-corrected chi connectivity index (χ1v) is 11.2. The van der Waals surface area contributed by atoms with Gasteiger partial charge in [-0.25, -0.2) is 18.4 Å². The first kappa shape index (κ1) is 21.4. The van der Waals surface area contributed by atoms with E-state index >= 15 is 0 Å². The van der Waals surface area contributed by atoms with Crippen LogP contribution in [-0.2, 0) is 16.3 Å². The zero-order chi connectivity index (χ0) is 23.0. The number of hydrogen-bond donors (Lipinski definition) is 0. The number of halogens is 1. The molecule has 0 radical (unpaired) electrons. The summed E-state index contributed by atoms with van der Waals surface area (Å²) in [5, 5.41) is 11.7. The third-order valence-corrected chi connectivity index (χ3v) is 6.03. The standard InChI is InChI=1S/C21H17FN4O5S/c1-31-18-11-15(22)17(26(27)28)9-13(18)10-20-23-8-7-21(24-20)25-12-19(32(2,29)30)14-5-3-4-6-16(14)25/h3-9,11-12H,10H2,1-2H3. The third-order valence-electron chi connectivity index (χ3n) is 4.91. The normalized spacial score (nSPS) is 11.6. The number of benzene rings is 2. The molecule has 0 aliphatic heterocycles. The molecule has 0 saturated heterocycles. The van der Waals surface area contributed by atoms with Gasteiger partial charge in [0.2, 0.25) is 5.82 Å². The Hall–Kier alpha value is -3.86. The maximum absolute atomic E-state index is 13.9. The van der Waals surface area contributed by atoms with Crippen LogP contribution in [0.5, 0.6) is 5.75 Å². The van der Waals surface area contributed by atoms with Gasteiger partial charge in [-0.05, 0) is 12.1 Å². The van der Waals surface area contributed by atoms with E-state index < -0.39 is 26.3 Å². The van der Waals surface area contributed by atoms with E-state index in [2.05, 4.69) is 9.97 Å². The van der Waals surface area contributed by atoms with E-state index in [0.29, 0.717) is 28.1 Å². The molecule has 2 aromatic carbocycles. The molecule has 0 saturated carbocycles. The molecule has 0 amide bonds. The van der Waals surface area contributed by atoms with Crippen molar-refractivity contribution >= 4 is 26.4 Å². The summed E-state index contributed by atoms with van der Waals surface area (Å²) in [6.45, 7) is 0. The summed E-state index contributed by atoms with van der Waals surface area (Å²) in [5.74, 6) is -0.165. The van der Waals surface area contributed by atoms with E-state index in [9.17, 15) is 22.9 Å². The molecule has 0 spiro atoms. The van der Waals surface area contributed by atoms with Crippen molar-refractivity contribution in [2.45, 2.75) is 11.3 Å². The lowest BCUT2D eigenvalue weighted by Crippen LogP contribution is -2.05. The Bertz CT molecular complexity index is 1470. The fraction of sp³-hybridized carbons (Fsp3) is 0.143. The number of fused-ring (bicyclic) bond motifs is 1. The van der Waals surface area contributed by atoms with Gasteiger partial charge in [-0.15, -0.1) is 0 Å². The summed E-state index contributed by atoms with van der Waals surface area (Å²) in [6.07, 6.45) is 4.17. The summed E-state index contributed by atoms with van der Waals surface area (Å²) in [5.41, 5.74) is 0.311. The molecule has 11 heteroatoms. The summed E-state index contributed by atoms with van der Waals surface area (Å²) in [4.78, 5) is 19.2. The largest absolute Gasteiger partial charge is 0.496 e. The second-order valence-electron chi connectivity index (χ2n) is 7.03. The Kier molecular flexibility index (Phi) is 5.35. The summed E-state index contributed by atoms with van der Waals surface area (Å²) in [7, 11) is -2.15. The second kappa shape index (κ2) is 8.00. The molecule has 4 rings (SSSR count). The smallest absolute Gasteiger partial charge is 0.305 e. The number of rotatable bonds is 6. The number of para-hydroxylation sites is 1. The van der Waals surface area contributed by atoms with Crippen LogP contribution in [0.2, 0.25) is 0 Å². The van der Waals surface area contributed by atoms with Crippen molar-refractivity contribution in [2.75, 3.05) is 13.4 Å². The van der Waals surface area contributed by atoms with E-state index in [-0.39, 0.29) is 17.1 Å². The lowest BCUT2D eigenvalue weighted by molar-refractivity contribution is -0.387. The van der Waals surface area contributed by atoms with E-state index in [1.807, 2.05) is 0 Å². The molecule has 0 atom stereocenters. The number of nitro benzene ring substituents is 1. The lowest BCUT2D eigenvalue weighted by atomic mass is 10.1. The van der Waals surface area contributed by atoms with E-state index in [1.165, 1.54) is 19.5 Å². The van der Waals surface area contributed by atoms with Gasteiger partial charge in [-0.2, -0.15) is 4.39 Å². The van der Waals surface area contributed by atoms with E-state index in [0.717, 1.165) is 18.4 Å². The van der Waals surface area contributed by atoms with Crippen molar-refractivity contribution < 1.29 is 22.5 Å². The van der Waals surface area contributed by atoms with Crippen LogP contribution >= 0.6 is 0 Å². The third kappa shape index (κ3) is 3.89. The molecule has 0 N–H and O–H groups in total. The Labute approximate surface area is 182 Å². The van der Waals surface area contributed by atoms with Crippen molar-refractivity contribution in [3.05, 3.63) is 82.2 Å². The fourth-order valence-corrected chi connectivity index (χ4v) is 4.34. The van der Waals surface area contributed by atoms with Gasteiger partial charge < -0.3 is 4.74 Å². The average molecular weight is 456 g/mol. The highest BCUT2D eigenvalue weighted by Crippen LogP contribution is 2.30. The molecule has 0 aliphatic carbocycles. The first-order chi connectivity index (χ1) is 15.2. The Morgan fingerprint density at radius 1 is 1.22 bits per heavy atom. The van der Waals surface area contributed by atoms with Crippen molar-refractivity contribution in [1.82, 2.24) is 14.5 Å². The molecule has 2 heterocycles. The zero-order valence-corrected chi connectivity index (χ0v) is 17.8. The maximum atomic E-state index is 13.9. The van der Waals surface area contributed by atoms with Crippen molar-refractivity contribution in [3.8, 4) is 11.6 Å². The quantitative estimate of drug-likeness (QED) is 0.322. The molecule has 0 bridgehead atoms. The van der Waals surface area contributed by atoms with Gasteiger partial charge in [-0.1, -0.05) is 18.2 Å². The molecule has 0 unspecified atom stereocenters. The number of nitrogens with zero attached hydrogens (tertiary/aromatic N) is 4. The van der Waals surface area contributed by atoms with E-state index in [4.69, 9.17) is 4.74 Å². The second-order valence-corrected chi connectivity index (χ2v) is 9.02. The van der Waals surface area contributed by atoms with Crippen LogP contribution in [0.15, 0.2) is 59.8 Å². The molecule has 4 aromatic rings. The monoisotopic (exact) mass is 456 g/mol. The topological polar surface area (TPSA) is 117 Å². The van der Waals surface area contributed by atoms with Crippen LogP contribution in [0, 0.1) is 15.9 Å². The molecule has 0 fully saturated rings. The number of nitro groups is 1. The Morgan fingerprint density at radius 2 is 1.97 bits per heavy atom. The average Bonchev–Trinajstić information content (AvgIpc) is 3.15. The van der Waals surface area contributed by atoms with Crippen molar-refractivity contribution in [1.29, 1.82) is 0 Å². The van der Waals surface area contributed by atoms with E-state index in [1.54, 1.807) is 34.9 Å². The number of aromatic nitrogens is 3. The van der Waals surface area contributed by atoms with Crippen LogP contribution in [0.3, 0.4) is 0 Å². The van der Waals surface area contributed by atoms with Crippen molar-refractivity contribution in [3.63, 3.8) is 0 Å². The van der Waals surface area contributed by atoms with Crippen LogP contribution in [-0.4, -0.2) is 41.2 Å². The Morgan fingerprint density at radius 3 is 2.66 bits per heavy atom. The van der Waals surface area contributed by atoms with Gasteiger partial charge in [0, 0.05) is 48.2 Å². The SMILES string of the molecule is COc1cc(F)c([N+](=O)[O-])cc1Cc1nccc(-n2cc(S(C)(=O)=O)c3ccccc32)n1. The maximum Gasteiger partial charge on any atom is 0.305 e. The minimum absolute atomic E-state index is 0.0380. The number of methoxy groups -OCH3 is 1. The van der Waals surface area contributed by atoms with Crippen LogP contribution in [0.4, 0.5) is 10.1 Å². The Balaban J connectivity index is 1.80. The van der Waals surface area contributed by atoms with Crippen LogP contribution < -0.4 is 4.74 Å². The molecular formula is C21H17FN4O5S. The van der Waals surface area contributed by atoms with Gasteiger partial charge in [0.1, 0.15) is 17.4 Å². The molecule has 0 aliphatic rings. The summed E-state index contributed by atoms with van der Waals surface area (Å²) in [6, 6.07) is 10.7. The number of hydrogen-bond acceptors (Lipinski definition) is 7. The summed E-state index contributed by atoms with van der Waals surface area (Å²) >= 11 is 0. The number of ether oxygens (including phenoxy) is 1. The molecule has 9 nitrogen and oxygen atoms in total. The molecule has 2 aromatic heterocycles. The molecule has 32 heavy (non-hydrogen) atoms. The minimum Gasteiger partial charge on any atom is -0.496 e. The zero-order valence-electron chi connectivity index (χ0n) is 17.0. The van der Waals surface area contributed by atoms with Gasteiger partial charge in [0.15, 0.2) is 9.84 Å². The van der Waals surface area contributed by atoms with Gasteiger partial charge in [0.05, 0.1) is 22.4 Å². The first-order valence-electron chi connectivity index (χ1n) is 9.32. The van der Waals surface area contributed by atoms with Crippen LogP contribution in [0.1, 0.15) is 11.4 Å². The number of sulfone groups is 1. The fourth-order valence-electron chi connectivity index (χ4n) is 3.47. The minimum atomic E-state index is -3.48. The highest BCUT2D eigenvalue weighted by Gasteiger charge is 2.21. The van der Waals surface area contributed by atoms with Crippen molar-refractivity contribution in [2.24, 2.45) is 0 Å². The molecular weight excluding hydrogens is 439 g/mol. The van der Waals surface area contributed by atoms with Gasteiger partial charge in [0.25, 0.3) is 0 Å². The predicted octanol–water partition coefficient (Wildman–Crippen LogP) is 3.47. The van der Waals surface area contributed by atoms with Gasteiger partial charge >= 0.3 is 5.69 Å². The molecule has 164 valence electrons. The highest BCUT2D eigenvalue weighted by molar-refractivity contribution is 7.91.